The van der Waals surface area contributed by atoms with Crippen LogP contribution in [-0.2, 0) is 0 Å². The van der Waals surface area contributed by atoms with E-state index in [1.54, 1.807) is 0 Å². The summed E-state index contributed by atoms with van der Waals surface area (Å²) >= 11 is 6.02. The second-order valence-corrected chi connectivity index (χ2v) is 5.63. The number of halogens is 1. The molecule has 0 aliphatic heterocycles. The lowest BCUT2D eigenvalue weighted by molar-refractivity contribution is 0.867. The van der Waals surface area contributed by atoms with Crippen molar-refractivity contribution < 1.29 is 0 Å². The molecule has 0 atom stereocenters. The Kier molecular flexibility index (Phi) is 3.08. The van der Waals surface area contributed by atoms with Crippen molar-refractivity contribution in [3.8, 4) is 11.3 Å². The Morgan fingerprint density at radius 3 is 2.37 bits per heavy atom. The molecule has 0 saturated carbocycles. The third-order valence-electron chi connectivity index (χ3n) is 3.47. The van der Waals surface area contributed by atoms with Crippen LogP contribution in [0.1, 0.15) is 25.3 Å². The van der Waals surface area contributed by atoms with Crippen LogP contribution in [0.15, 0.2) is 48.5 Å². The van der Waals surface area contributed by atoms with Crippen LogP contribution < -0.4 is 0 Å². The van der Waals surface area contributed by atoms with Crippen molar-refractivity contribution in [2.75, 3.05) is 0 Å². The van der Waals surface area contributed by atoms with Gasteiger partial charge in [0.1, 0.15) is 0 Å². The van der Waals surface area contributed by atoms with Crippen molar-refractivity contribution in [1.29, 1.82) is 0 Å². The molecule has 1 heterocycles. The van der Waals surface area contributed by atoms with Crippen molar-refractivity contribution in [2.45, 2.75) is 19.8 Å². The van der Waals surface area contributed by atoms with Gasteiger partial charge in [0.05, 0.1) is 0 Å². The van der Waals surface area contributed by atoms with E-state index in [-0.39, 0.29) is 0 Å². The zero-order chi connectivity index (χ0) is 13.4. The molecule has 0 saturated heterocycles. The average molecular weight is 270 g/mol. The molecule has 0 fully saturated rings. The van der Waals surface area contributed by atoms with Crippen molar-refractivity contribution in [3.05, 3.63) is 59.1 Å². The summed E-state index contributed by atoms with van der Waals surface area (Å²) in [6.45, 7) is 4.42. The predicted molar refractivity (Wildman–Crippen MR) is 82.8 cm³/mol. The van der Waals surface area contributed by atoms with Gasteiger partial charge in [-0.15, -0.1) is 0 Å². The molecule has 2 aromatic carbocycles. The molecule has 0 spiro atoms. The highest BCUT2D eigenvalue weighted by molar-refractivity contribution is 6.31. The average Bonchev–Trinajstić information content (AvgIpc) is 2.81. The van der Waals surface area contributed by atoms with Gasteiger partial charge in [0, 0.05) is 21.6 Å². The first-order chi connectivity index (χ1) is 9.13. The van der Waals surface area contributed by atoms with Gasteiger partial charge >= 0.3 is 0 Å². The molecule has 1 N–H and O–H groups in total. The largest absolute Gasteiger partial charge is 0.355 e. The van der Waals surface area contributed by atoms with E-state index in [1.807, 2.05) is 18.2 Å². The number of aromatic nitrogens is 1. The third-order valence-corrected chi connectivity index (χ3v) is 3.71. The standard InChI is InChI=1S/C17H16ClN/c1-11(2)12-3-5-13(6-4-12)17-10-14-9-15(18)7-8-16(14)19-17/h3-11,19H,1-2H3. The summed E-state index contributed by atoms with van der Waals surface area (Å²) in [5.41, 5.74) is 4.82. The summed E-state index contributed by atoms with van der Waals surface area (Å²) in [7, 11) is 0. The summed E-state index contributed by atoms with van der Waals surface area (Å²) in [4.78, 5) is 3.43. The van der Waals surface area contributed by atoms with E-state index in [2.05, 4.69) is 49.2 Å². The minimum Gasteiger partial charge on any atom is -0.355 e. The Balaban J connectivity index is 2.03. The van der Waals surface area contributed by atoms with E-state index in [0.29, 0.717) is 5.92 Å². The molecule has 0 radical (unpaired) electrons. The van der Waals surface area contributed by atoms with Crippen molar-refractivity contribution in [1.82, 2.24) is 4.98 Å². The number of aromatic amines is 1. The Bertz CT molecular complexity index is 708. The first-order valence-corrected chi connectivity index (χ1v) is 6.90. The summed E-state index contributed by atoms with van der Waals surface area (Å²) in [5, 5.41) is 1.92. The fraction of sp³-hybridized carbons (Fsp3) is 0.176. The first kappa shape index (κ1) is 12.3. The Hall–Kier alpha value is -1.73. The lowest BCUT2D eigenvalue weighted by Crippen LogP contribution is -1.86. The number of hydrogen-bond acceptors (Lipinski definition) is 0. The van der Waals surface area contributed by atoms with Crippen molar-refractivity contribution in [2.24, 2.45) is 0 Å². The van der Waals surface area contributed by atoms with E-state index in [9.17, 15) is 0 Å². The number of fused-ring (bicyclic) bond motifs is 1. The van der Waals surface area contributed by atoms with Crippen LogP contribution in [0.3, 0.4) is 0 Å². The monoisotopic (exact) mass is 269 g/mol. The Morgan fingerprint density at radius 1 is 0.947 bits per heavy atom. The maximum Gasteiger partial charge on any atom is 0.0464 e. The summed E-state index contributed by atoms with van der Waals surface area (Å²) in [6.07, 6.45) is 0. The zero-order valence-electron chi connectivity index (χ0n) is 11.1. The van der Waals surface area contributed by atoms with Crippen LogP contribution in [0, 0.1) is 0 Å². The highest BCUT2D eigenvalue weighted by Crippen LogP contribution is 2.27. The third kappa shape index (κ3) is 2.39. The van der Waals surface area contributed by atoms with E-state index < -0.39 is 0 Å². The van der Waals surface area contributed by atoms with Gasteiger partial charge in [-0.05, 0) is 41.3 Å². The molecule has 0 aliphatic rings. The molecule has 0 aliphatic carbocycles. The van der Waals surface area contributed by atoms with E-state index in [0.717, 1.165) is 21.6 Å². The minimum absolute atomic E-state index is 0.565. The molecule has 1 aromatic heterocycles. The quantitative estimate of drug-likeness (QED) is 0.622. The summed E-state index contributed by atoms with van der Waals surface area (Å²) in [5.74, 6) is 0.565. The molecule has 0 amide bonds. The van der Waals surface area contributed by atoms with Gasteiger partial charge in [-0.2, -0.15) is 0 Å². The normalized spacial score (nSPS) is 11.4. The van der Waals surface area contributed by atoms with Crippen LogP contribution in [0.5, 0.6) is 0 Å². The Labute approximate surface area is 118 Å². The van der Waals surface area contributed by atoms with Crippen LogP contribution in [0.4, 0.5) is 0 Å². The topological polar surface area (TPSA) is 15.8 Å². The second kappa shape index (κ2) is 4.75. The first-order valence-electron chi connectivity index (χ1n) is 6.52. The smallest absolute Gasteiger partial charge is 0.0464 e. The molecule has 19 heavy (non-hydrogen) atoms. The Morgan fingerprint density at radius 2 is 1.68 bits per heavy atom. The fourth-order valence-electron chi connectivity index (χ4n) is 2.31. The predicted octanol–water partition coefficient (Wildman–Crippen LogP) is 5.61. The molecule has 2 heteroatoms. The van der Waals surface area contributed by atoms with E-state index in [1.165, 1.54) is 11.1 Å². The molecule has 3 aromatic rings. The van der Waals surface area contributed by atoms with Gasteiger partial charge in [-0.25, -0.2) is 0 Å². The van der Waals surface area contributed by atoms with Crippen LogP contribution in [-0.4, -0.2) is 4.98 Å². The van der Waals surface area contributed by atoms with Gasteiger partial charge in [0.25, 0.3) is 0 Å². The molecular formula is C17H16ClN. The van der Waals surface area contributed by atoms with Gasteiger partial charge < -0.3 is 4.98 Å². The highest BCUT2D eigenvalue weighted by Gasteiger charge is 2.05. The van der Waals surface area contributed by atoms with Gasteiger partial charge in [0.2, 0.25) is 0 Å². The SMILES string of the molecule is CC(C)c1ccc(-c2cc3cc(Cl)ccc3[nH]2)cc1. The number of nitrogens with one attached hydrogen (secondary N) is 1. The van der Waals surface area contributed by atoms with E-state index in [4.69, 9.17) is 11.6 Å². The van der Waals surface area contributed by atoms with Crippen LogP contribution in [0.25, 0.3) is 22.2 Å². The van der Waals surface area contributed by atoms with Crippen LogP contribution >= 0.6 is 11.6 Å². The summed E-state index contributed by atoms with van der Waals surface area (Å²) in [6, 6.07) is 16.8. The molecule has 96 valence electrons. The maximum atomic E-state index is 6.02. The molecule has 0 unspecified atom stereocenters. The molecule has 1 nitrogen and oxygen atoms in total. The fourth-order valence-corrected chi connectivity index (χ4v) is 2.49. The molecular weight excluding hydrogens is 254 g/mol. The highest BCUT2D eigenvalue weighted by atomic mass is 35.5. The van der Waals surface area contributed by atoms with Gasteiger partial charge in [0.15, 0.2) is 0 Å². The molecule has 0 bridgehead atoms. The van der Waals surface area contributed by atoms with Crippen molar-refractivity contribution in [3.63, 3.8) is 0 Å². The summed E-state index contributed by atoms with van der Waals surface area (Å²) < 4.78 is 0. The lowest BCUT2D eigenvalue weighted by Gasteiger charge is -2.05. The number of benzene rings is 2. The number of rotatable bonds is 2. The number of hydrogen-bond donors (Lipinski definition) is 1. The minimum atomic E-state index is 0.565. The van der Waals surface area contributed by atoms with Gasteiger partial charge in [-0.3, -0.25) is 0 Å². The van der Waals surface area contributed by atoms with E-state index >= 15 is 0 Å². The zero-order valence-corrected chi connectivity index (χ0v) is 11.8. The van der Waals surface area contributed by atoms with Crippen molar-refractivity contribution >= 4 is 22.5 Å². The lowest BCUT2D eigenvalue weighted by atomic mass is 10.0. The number of H-pyrrole nitrogens is 1. The molecule has 3 rings (SSSR count). The maximum absolute atomic E-state index is 6.02. The second-order valence-electron chi connectivity index (χ2n) is 5.19. The van der Waals surface area contributed by atoms with Crippen LogP contribution in [0.2, 0.25) is 5.02 Å². The van der Waals surface area contributed by atoms with Gasteiger partial charge in [-0.1, -0.05) is 49.7 Å².